The van der Waals surface area contributed by atoms with Gasteiger partial charge in [-0.2, -0.15) is 0 Å². The van der Waals surface area contributed by atoms with Crippen LogP contribution in [0.25, 0.3) is 0 Å². The molecule has 1 aromatic carbocycles. The SMILES string of the molecule is COC(=O)c1sc(NC(=S)NC(C)c2ccc(C)cc2C)c(C(=O)OC)c1C. The third-order valence-electron chi connectivity index (χ3n) is 4.37. The summed E-state index contributed by atoms with van der Waals surface area (Å²) >= 11 is 6.53. The molecule has 0 saturated carbocycles. The molecule has 150 valence electrons. The van der Waals surface area contributed by atoms with Crippen molar-refractivity contribution in [3.8, 4) is 0 Å². The first kappa shape index (κ1) is 21.8. The van der Waals surface area contributed by atoms with E-state index in [1.807, 2.05) is 13.8 Å². The number of thiophene rings is 1. The molecule has 1 aromatic heterocycles. The van der Waals surface area contributed by atoms with Crippen molar-refractivity contribution in [2.75, 3.05) is 19.5 Å². The number of hydrogen-bond donors (Lipinski definition) is 2. The number of hydrogen-bond acceptors (Lipinski definition) is 6. The molecule has 0 saturated heterocycles. The fourth-order valence-corrected chi connectivity index (χ4v) is 4.42. The lowest BCUT2D eigenvalue weighted by Gasteiger charge is -2.19. The van der Waals surface area contributed by atoms with Gasteiger partial charge in [0, 0.05) is 0 Å². The fraction of sp³-hybridized carbons (Fsp3) is 0.350. The standard InChI is InChI=1S/C20H24N2O4S2/c1-10-7-8-14(11(2)9-10)13(4)21-20(27)22-17-15(18(23)25-5)12(3)16(28-17)19(24)26-6/h7-9,13H,1-6H3,(H2,21,22,27). The number of rotatable bonds is 5. The Labute approximate surface area is 174 Å². The van der Waals surface area contributed by atoms with Crippen molar-refractivity contribution < 1.29 is 19.1 Å². The van der Waals surface area contributed by atoms with Gasteiger partial charge in [-0.3, -0.25) is 0 Å². The van der Waals surface area contributed by atoms with Gasteiger partial charge in [-0.05, 0) is 56.6 Å². The highest BCUT2D eigenvalue weighted by atomic mass is 32.1. The molecule has 6 nitrogen and oxygen atoms in total. The number of benzene rings is 1. The first-order valence-electron chi connectivity index (χ1n) is 8.64. The van der Waals surface area contributed by atoms with Crippen LogP contribution in [0.15, 0.2) is 18.2 Å². The van der Waals surface area contributed by atoms with E-state index in [-0.39, 0.29) is 11.6 Å². The molecule has 0 aliphatic heterocycles. The normalized spacial score (nSPS) is 11.5. The molecule has 0 fully saturated rings. The summed E-state index contributed by atoms with van der Waals surface area (Å²) in [5.74, 6) is -1.06. The number of nitrogens with one attached hydrogen (secondary N) is 2. The molecule has 1 atom stereocenters. The van der Waals surface area contributed by atoms with Crippen LogP contribution in [0.1, 0.15) is 55.2 Å². The zero-order valence-corrected chi connectivity index (χ0v) is 18.4. The maximum atomic E-state index is 12.2. The van der Waals surface area contributed by atoms with Gasteiger partial charge in [0.25, 0.3) is 0 Å². The molecule has 1 heterocycles. The Morgan fingerprint density at radius 1 is 1.11 bits per heavy atom. The molecule has 0 radical (unpaired) electrons. The molecule has 2 aromatic rings. The van der Waals surface area contributed by atoms with Crippen LogP contribution in [-0.4, -0.2) is 31.3 Å². The number of anilines is 1. The maximum absolute atomic E-state index is 12.2. The van der Waals surface area contributed by atoms with Crippen molar-refractivity contribution in [1.82, 2.24) is 5.32 Å². The number of aryl methyl sites for hydroxylation is 2. The van der Waals surface area contributed by atoms with Gasteiger partial charge in [0.15, 0.2) is 5.11 Å². The molecular formula is C20H24N2O4S2. The molecule has 0 spiro atoms. The Hall–Kier alpha value is -2.45. The number of carbonyl (C=O) groups is 2. The largest absolute Gasteiger partial charge is 0.465 e. The monoisotopic (exact) mass is 420 g/mol. The Balaban J connectivity index is 2.25. The summed E-state index contributed by atoms with van der Waals surface area (Å²) < 4.78 is 9.65. The Kier molecular flexibility index (Phi) is 7.15. The van der Waals surface area contributed by atoms with Crippen molar-refractivity contribution >= 4 is 45.6 Å². The van der Waals surface area contributed by atoms with Crippen LogP contribution in [-0.2, 0) is 9.47 Å². The van der Waals surface area contributed by atoms with Gasteiger partial charge in [-0.25, -0.2) is 9.59 Å². The van der Waals surface area contributed by atoms with Gasteiger partial charge in [0.05, 0.1) is 25.8 Å². The van der Waals surface area contributed by atoms with E-state index >= 15 is 0 Å². The second-order valence-corrected chi connectivity index (χ2v) is 7.85. The summed E-state index contributed by atoms with van der Waals surface area (Å²) in [6, 6.07) is 6.20. The summed E-state index contributed by atoms with van der Waals surface area (Å²) in [5, 5.41) is 7.03. The molecule has 2 rings (SSSR count). The van der Waals surface area contributed by atoms with Crippen LogP contribution in [0.4, 0.5) is 5.00 Å². The number of methoxy groups -OCH3 is 2. The summed E-state index contributed by atoms with van der Waals surface area (Å²) in [6.07, 6.45) is 0. The molecular weight excluding hydrogens is 396 g/mol. The average Bonchev–Trinajstić information content (AvgIpc) is 2.96. The third-order valence-corrected chi connectivity index (χ3v) is 5.78. The molecule has 2 N–H and O–H groups in total. The van der Waals surface area contributed by atoms with Gasteiger partial charge in [-0.15, -0.1) is 11.3 Å². The lowest BCUT2D eigenvalue weighted by Crippen LogP contribution is -2.31. The van der Waals surface area contributed by atoms with E-state index in [1.54, 1.807) is 6.92 Å². The molecule has 0 aliphatic carbocycles. The highest BCUT2D eigenvalue weighted by Gasteiger charge is 2.26. The smallest absolute Gasteiger partial charge is 0.348 e. The molecule has 28 heavy (non-hydrogen) atoms. The van der Waals surface area contributed by atoms with E-state index in [1.165, 1.54) is 19.8 Å². The highest BCUT2D eigenvalue weighted by Crippen LogP contribution is 2.34. The van der Waals surface area contributed by atoms with Gasteiger partial charge in [-0.1, -0.05) is 23.8 Å². The van der Waals surface area contributed by atoms with E-state index in [4.69, 9.17) is 21.7 Å². The predicted molar refractivity (Wildman–Crippen MR) is 115 cm³/mol. The van der Waals surface area contributed by atoms with Crippen LogP contribution in [0.2, 0.25) is 0 Å². The Morgan fingerprint density at radius 3 is 2.32 bits per heavy atom. The maximum Gasteiger partial charge on any atom is 0.348 e. The van der Waals surface area contributed by atoms with E-state index in [0.29, 0.717) is 20.6 Å². The number of esters is 2. The lowest BCUT2D eigenvalue weighted by molar-refractivity contribution is 0.0601. The number of carbonyl (C=O) groups excluding carboxylic acids is 2. The third kappa shape index (κ3) is 4.69. The highest BCUT2D eigenvalue weighted by molar-refractivity contribution is 7.80. The topological polar surface area (TPSA) is 76.7 Å². The predicted octanol–water partition coefficient (Wildman–Crippen LogP) is 4.29. The zero-order chi connectivity index (χ0) is 21.0. The first-order chi connectivity index (χ1) is 13.2. The summed E-state index contributed by atoms with van der Waals surface area (Å²) in [7, 11) is 2.59. The number of ether oxygens (including phenoxy) is 2. The minimum Gasteiger partial charge on any atom is -0.465 e. The minimum atomic E-state index is -0.545. The van der Waals surface area contributed by atoms with Crippen LogP contribution < -0.4 is 10.6 Å². The van der Waals surface area contributed by atoms with Crippen LogP contribution in [0.3, 0.4) is 0 Å². The van der Waals surface area contributed by atoms with Gasteiger partial charge in [0.2, 0.25) is 0 Å². The van der Waals surface area contributed by atoms with E-state index in [9.17, 15) is 9.59 Å². The summed E-state index contributed by atoms with van der Waals surface area (Å²) in [4.78, 5) is 24.5. The van der Waals surface area contributed by atoms with Crippen molar-refractivity contribution in [1.29, 1.82) is 0 Å². The van der Waals surface area contributed by atoms with Crippen molar-refractivity contribution in [3.05, 3.63) is 50.9 Å². The van der Waals surface area contributed by atoms with Crippen LogP contribution in [0.5, 0.6) is 0 Å². The fourth-order valence-electron chi connectivity index (χ4n) is 2.96. The lowest BCUT2D eigenvalue weighted by atomic mass is 10.0. The van der Waals surface area contributed by atoms with Crippen LogP contribution in [0, 0.1) is 20.8 Å². The Morgan fingerprint density at radius 2 is 1.75 bits per heavy atom. The molecule has 0 aliphatic rings. The second kappa shape index (κ2) is 9.16. The number of thiocarbonyl (C=S) groups is 1. The summed E-state index contributed by atoms with van der Waals surface area (Å²) in [6.45, 7) is 7.78. The van der Waals surface area contributed by atoms with E-state index in [0.717, 1.165) is 22.5 Å². The van der Waals surface area contributed by atoms with Crippen molar-refractivity contribution in [3.63, 3.8) is 0 Å². The Bertz CT molecular complexity index is 921. The molecule has 8 heteroatoms. The molecule has 0 bridgehead atoms. The van der Waals surface area contributed by atoms with Gasteiger partial charge in [0.1, 0.15) is 9.88 Å². The summed E-state index contributed by atoms with van der Waals surface area (Å²) in [5.41, 5.74) is 4.26. The second-order valence-electron chi connectivity index (χ2n) is 6.42. The first-order valence-corrected chi connectivity index (χ1v) is 9.86. The minimum absolute atomic E-state index is 0.0386. The molecule has 0 amide bonds. The van der Waals surface area contributed by atoms with Crippen molar-refractivity contribution in [2.24, 2.45) is 0 Å². The van der Waals surface area contributed by atoms with Gasteiger partial charge < -0.3 is 20.1 Å². The van der Waals surface area contributed by atoms with Gasteiger partial charge >= 0.3 is 11.9 Å². The van der Waals surface area contributed by atoms with Crippen LogP contribution >= 0.6 is 23.6 Å². The molecule has 1 unspecified atom stereocenters. The van der Waals surface area contributed by atoms with Crippen molar-refractivity contribution in [2.45, 2.75) is 33.7 Å². The quantitative estimate of drug-likeness (QED) is 0.552. The average molecular weight is 421 g/mol. The van der Waals surface area contributed by atoms with E-state index in [2.05, 4.69) is 35.8 Å². The zero-order valence-electron chi connectivity index (χ0n) is 16.8. The van der Waals surface area contributed by atoms with E-state index < -0.39 is 11.9 Å².